The fraction of sp³-hybridized carbons (Fsp3) is 1.00. The molecule has 0 N–H and O–H groups in total. The third-order valence-corrected chi connectivity index (χ3v) is 7.88. The van der Waals surface area contributed by atoms with Gasteiger partial charge in [-0.05, 0) is 0 Å². The Morgan fingerprint density at radius 1 is 0.773 bits per heavy atom. The normalized spacial score (nSPS) is 16.6. The van der Waals surface area contributed by atoms with Crippen molar-refractivity contribution in [3.8, 4) is 0 Å². The summed E-state index contributed by atoms with van der Waals surface area (Å²) in [5, 5.41) is -0.389. The number of hydrogen-bond donors (Lipinski definition) is 0. The highest BCUT2D eigenvalue weighted by molar-refractivity contribution is 14.1. The SMILES string of the molecule is FC(F)(F)C(F)(F)C(Br)CI.FC(F)(F)C(F)(F)C(I)CBr. The van der Waals surface area contributed by atoms with Crippen LogP contribution < -0.4 is 0 Å². The van der Waals surface area contributed by atoms with Crippen molar-refractivity contribution in [1.82, 2.24) is 0 Å². The third-order valence-electron chi connectivity index (χ3n) is 1.81. The lowest BCUT2D eigenvalue weighted by Gasteiger charge is -2.22. The smallest absolute Gasteiger partial charge is 0.195 e. The summed E-state index contributed by atoms with van der Waals surface area (Å²) in [5.74, 6) is -9.26. The Hall–Kier alpha value is 1.72. The summed E-state index contributed by atoms with van der Waals surface area (Å²) in [7, 11) is 0. The molecule has 0 aliphatic rings. The number of halogens is 14. The van der Waals surface area contributed by atoms with Gasteiger partial charge in [-0.15, -0.1) is 0 Å². The molecule has 2 unspecified atom stereocenters. The molecule has 0 fully saturated rings. The molecular formula is C8H6Br2F10I2. The highest BCUT2D eigenvalue weighted by Crippen LogP contribution is 2.42. The van der Waals surface area contributed by atoms with E-state index in [0.29, 0.717) is 0 Å². The van der Waals surface area contributed by atoms with Crippen molar-refractivity contribution in [2.75, 3.05) is 9.76 Å². The minimum absolute atomic E-state index is 0.301. The van der Waals surface area contributed by atoms with Crippen LogP contribution in [0.5, 0.6) is 0 Å². The maximum Gasteiger partial charge on any atom is 0.454 e. The second-order valence-electron chi connectivity index (χ2n) is 3.49. The summed E-state index contributed by atoms with van der Waals surface area (Å²) in [6, 6.07) is 0. The Bertz CT molecular complexity index is 298. The van der Waals surface area contributed by atoms with Gasteiger partial charge in [0, 0.05) is 9.76 Å². The number of alkyl halides is 14. The topological polar surface area (TPSA) is 0 Å². The molecule has 0 heterocycles. The van der Waals surface area contributed by atoms with E-state index in [-0.39, 0.29) is 9.76 Å². The molecule has 0 aromatic carbocycles. The minimum atomic E-state index is -5.47. The van der Waals surface area contributed by atoms with Crippen LogP contribution in [0.25, 0.3) is 0 Å². The molecule has 14 heteroatoms. The van der Waals surface area contributed by atoms with Crippen LogP contribution in [-0.2, 0) is 0 Å². The fourth-order valence-corrected chi connectivity index (χ4v) is 2.12. The Labute approximate surface area is 162 Å². The zero-order valence-corrected chi connectivity index (χ0v) is 17.3. The molecule has 0 rings (SSSR count). The molecular weight excluding hydrogens is 700 g/mol. The molecule has 0 amide bonds. The van der Waals surface area contributed by atoms with Crippen LogP contribution in [0.1, 0.15) is 0 Å². The molecule has 0 saturated carbocycles. The highest BCUT2D eigenvalue weighted by atomic mass is 127. The molecule has 2 atom stereocenters. The molecule has 0 aliphatic carbocycles. The van der Waals surface area contributed by atoms with Gasteiger partial charge in [-0.3, -0.25) is 0 Å². The zero-order valence-electron chi connectivity index (χ0n) is 9.86. The van der Waals surface area contributed by atoms with Crippen LogP contribution in [0.15, 0.2) is 0 Å². The maximum absolute atomic E-state index is 12.2. The summed E-state index contributed by atoms with van der Waals surface area (Å²) in [5.41, 5.74) is 0. The maximum atomic E-state index is 12.2. The van der Waals surface area contributed by atoms with E-state index in [1.54, 1.807) is 0 Å². The number of hydrogen-bond acceptors (Lipinski definition) is 0. The molecule has 0 aromatic heterocycles. The molecule has 0 aromatic rings. The third kappa shape index (κ3) is 7.31. The van der Waals surface area contributed by atoms with Gasteiger partial charge in [-0.1, -0.05) is 77.0 Å². The van der Waals surface area contributed by atoms with Crippen molar-refractivity contribution in [3.05, 3.63) is 0 Å². The van der Waals surface area contributed by atoms with Gasteiger partial charge in [0.2, 0.25) is 0 Å². The standard InChI is InChI=1S/2C4H3BrF5I/c5-2(1-11)3(6,7)4(8,9)10;5-1-2(11)3(6,7)4(8,9)10/h2*2H,1H2. The van der Waals surface area contributed by atoms with E-state index in [0.717, 1.165) is 22.6 Å². The number of rotatable bonds is 4. The van der Waals surface area contributed by atoms with Crippen LogP contribution >= 0.6 is 77.0 Å². The van der Waals surface area contributed by atoms with Crippen molar-refractivity contribution in [2.24, 2.45) is 0 Å². The summed E-state index contributed by atoms with van der Waals surface area (Å²) in [6.45, 7) is 0. The van der Waals surface area contributed by atoms with Gasteiger partial charge >= 0.3 is 24.2 Å². The first kappa shape index (κ1) is 26.0. The molecule has 0 saturated heterocycles. The first-order valence-corrected chi connectivity index (χ1v) is 9.56. The van der Waals surface area contributed by atoms with Gasteiger partial charge in [0.05, 0.1) is 8.75 Å². The van der Waals surface area contributed by atoms with Crippen molar-refractivity contribution in [2.45, 2.75) is 32.9 Å². The Balaban J connectivity index is 0. The van der Waals surface area contributed by atoms with Gasteiger partial charge in [0.1, 0.15) is 0 Å². The van der Waals surface area contributed by atoms with Gasteiger partial charge in [-0.25, -0.2) is 0 Å². The first-order chi connectivity index (χ1) is 9.46. The van der Waals surface area contributed by atoms with E-state index < -0.39 is 32.9 Å². The summed E-state index contributed by atoms with van der Waals surface area (Å²) >= 11 is 7.32. The Morgan fingerprint density at radius 2 is 1.09 bits per heavy atom. The zero-order chi connectivity index (χ0) is 18.6. The minimum Gasteiger partial charge on any atom is -0.195 e. The van der Waals surface area contributed by atoms with E-state index in [1.807, 2.05) is 0 Å². The van der Waals surface area contributed by atoms with E-state index in [4.69, 9.17) is 0 Å². The van der Waals surface area contributed by atoms with Crippen LogP contribution in [0.4, 0.5) is 43.9 Å². The second kappa shape index (κ2) is 9.43. The van der Waals surface area contributed by atoms with Gasteiger partial charge in [-0.2, -0.15) is 43.9 Å². The average molecular weight is 706 g/mol. The monoisotopic (exact) mass is 704 g/mol. The summed E-state index contributed by atoms with van der Waals surface area (Å²) < 4.78 is 116. The lowest BCUT2D eigenvalue weighted by molar-refractivity contribution is -0.278. The van der Waals surface area contributed by atoms with E-state index in [9.17, 15) is 43.9 Å². The molecule has 0 aliphatic heterocycles. The van der Waals surface area contributed by atoms with Gasteiger partial charge in [0.25, 0.3) is 0 Å². The predicted octanol–water partition coefficient (Wildman–Crippen LogP) is 6.77. The lowest BCUT2D eigenvalue weighted by atomic mass is 10.2. The molecule has 22 heavy (non-hydrogen) atoms. The molecule has 0 bridgehead atoms. The Morgan fingerprint density at radius 3 is 1.18 bits per heavy atom. The summed E-state index contributed by atoms with van der Waals surface area (Å²) in [6.07, 6.45) is -10.9. The van der Waals surface area contributed by atoms with Crippen LogP contribution in [0, 0.1) is 0 Å². The predicted molar refractivity (Wildman–Crippen MR) is 85.2 cm³/mol. The van der Waals surface area contributed by atoms with E-state index >= 15 is 0 Å². The molecule has 136 valence electrons. The van der Waals surface area contributed by atoms with Crippen molar-refractivity contribution in [1.29, 1.82) is 0 Å². The largest absolute Gasteiger partial charge is 0.454 e. The van der Waals surface area contributed by atoms with Crippen LogP contribution in [0.3, 0.4) is 0 Å². The van der Waals surface area contributed by atoms with E-state index in [1.165, 1.54) is 22.6 Å². The lowest BCUT2D eigenvalue weighted by Crippen LogP contribution is -2.44. The van der Waals surface area contributed by atoms with Gasteiger partial charge < -0.3 is 0 Å². The molecule has 0 spiro atoms. The van der Waals surface area contributed by atoms with Crippen LogP contribution in [0.2, 0.25) is 0 Å². The Kier molecular flexibility index (Phi) is 11.1. The van der Waals surface area contributed by atoms with E-state index in [2.05, 4.69) is 31.9 Å². The quantitative estimate of drug-likeness (QED) is 0.172. The highest BCUT2D eigenvalue weighted by Gasteiger charge is 2.62. The fourth-order valence-electron chi connectivity index (χ4n) is 0.549. The molecule has 0 nitrogen and oxygen atoms in total. The average Bonchev–Trinajstić information content (AvgIpc) is 2.34. The first-order valence-electron chi connectivity index (χ1n) is 4.75. The second-order valence-corrected chi connectivity index (χ2v) is 7.62. The molecule has 0 radical (unpaired) electrons. The van der Waals surface area contributed by atoms with Gasteiger partial charge in [0.15, 0.2) is 0 Å². The van der Waals surface area contributed by atoms with Crippen LogP contribution in [-0.4, -0.2) is 42.7 Å². The summed E-state index contributed by atoms with van der Waals surface area (Å²) in [4.78, 5) is -1.85. The van der Waals surface area contributed by atoms with Crippen molar-refractivity contribution >= 4 is 77.0 Å². The van der Waals surface area contributed by atoms with Crippen molar-refractivity contribution in [3.63, 3.8) is 0 Å². The van der Waals surface area contributed by atoms with Crippen molar-refractivity contribution < 1.29 is 43.9 Å².